The molecular formula is C25H23FN2O4S. The predicted molar refractivity (Wildman–Crippen MR) is 123 cm³/mol. The van der Waals surface area contributed by atoms with Crippen molar-refractivity contribution in [3.8, 4) is 0 Å². The second-order valence-corrected chi connectivity index (χ2v) is 9.77. The van der Waals surface area contributed by atoms with Gasteiger partial charge in [0.05, 0.1) is 10.5 Å². The number of amides is 1. The van der Waals surface area contributed by atoms with Crippen LogP contribution in [0.25, 0.3) is 0 Å². The lowest BCUT2D eigenvalue weighted by Crippen LogP contribution is -2.35. The lowest BCUT2D eigenvalue weighted by atomic mass is 9.98. The lowest BCUT2D eigenvalue weighted by molar-refractivity contribution is 0.0996. The first-order chi connectivity index (χ1) is 15.9. The average molecular weight is 467 g/mol. The van der Waals surface area contributed by atoms with E-state index in [-0.39, 0.29) is 21.6 Å². The number of piperidine rings is 1. The van der Waals surface area contributed by atoms with Gasteiger partial charge in [-0.3, -0.25) is 9.59 Å². The van der Waals surface area contributed by atoms with Gasteiger partial charge in [-0.1, -0.05) is 30.7 Å². The van der Waals surface area contributed by atoms with Crippen LogP contribution in [0.15, 0.2) is 77.7 Å². The molecule has 0 spiro atoms. The summed E-state index contributed by atoms with van der Waals surface area (Å²) >= 11 is 0. The van der Waals surface area contributed by atoms with Crippen molar-refractivity contribution >= 4 is 27.4 Å². The van der Waals surface area contributed by atoms with E-state index in [1.807, 2.05) is 0 Å². The molecule has 8 heteroatoms. The van der Waals surface area contributed by atoms with Crippen LogP contribution in [0, 0.1) is 5.82 Å². The molecule has 33 heavy (non-hydrogen) atoms. The number of nitrogens with zero attached hydrogens (tertiary/aromatic N) is 1. The highest BCUT2D eigenvalue weighted by Crippen LogP contribution is 2.24. The van der Waals surface area contributed by atoms with Crippen LogP contribution in [0.5, 0.6) is 0 Å². The Kier molecular flexibility index (Phi) is 6.67. The maximum atomic E-state index is 13.2. The Balaban J connectivity index is 1.58. The number of nitrogens with one attached hydrogen (secondary N) is 1. The van der Waals surface area contributed by atoms with Crippen LogP contribution in [0.4, 0.5) is 10.1 Å². The number of benzene rings is 3. The van der Waals surface area contributed by atoms with Crippen molar-refractivity contribution in [2.75, 3.05) is 18.4 Å². The molecule has 0 unspecified atom stereocenters. The van der Waals surface area contributed by atoms with E-state index in [0.717, 1.165) is 19.3 Å². The van der Waals surface area contributed by atoms with Gasteiger partial charge in [-0.25, -0.2) is 12.8 Å². The van der Waals surface area contributed by atoms with E-state index in [9.17, 15) is 22.4 Å². The van der Waals surface area contributed by atoms with E-state index in [1.54, 1.807) is 24.3 Å². The van der Waals surface area contributed by atoms with Crippen molar-refractivity contribution in [3.05, 3.63) is 95.3 Å². The Morgan fingerprint density at radius 2 is 1.48 bits per heavy atom. The van der Waals surface area contributed by atoms with Crippen LogP contribution in [0.2, 0.25) is 0 Å². The van der Waals surface area contributed by atoms with Gasteiger partial charge in [-0.2, -0.15) is 4.31 Å². The van der Waals surface area contributed by atoms with Crippen molar-refractivity contribution in [1.82, 2.24) is 4.31 Å². The first-order valence-corrected chi connectivity index (χ1v) is 12.1. The van der Waals surface area contributed by atoms with Crippen LogP contribution >= 0.6 is 0 Å². The molecule has 1 aliphatic heterocycles. The minimum absolute atomic E-state index is 0.109. The van der Waals surface area contributed by atoms with Crippen LogP contribution < -0.4 is 5.32 Å². The molecule has 0 saturated carbocycles. The molecule has 170 valence electrons. The Morgan fingerprint density at radius 3 is 2.18 bits per heavy atom. The SMILES string of the molecule is O=C(Nc1cccc(S(=O)(=O)N2CCCCC2)c1)c1ccccc1C(=O)c1ccc(F)cc1. The second-order valence-electron chi connectivity index (χ2n) is 7.83. The molecule has 1 heterocycles. The van der Waals surface area contributed by atoms with Crippen molar-refractivity contribution in [3.63, 3.8) is 0 Å². The smallest absolute Gasteiger partial charge is 0.256 e. The maximum Gasteiger partial charge on any atom is 0.256 e. The zero-order chi connectivity index (χ0) is 23.4. The standard InChI is InChI=1S/C25H23FN2O4S/c26-19-13-11-18(12-14-19)24(29)22-9-2-3-10-23(22)25(30)27-20-7-6-8-21(17-20)33(31,32)28-15-4-1-5-16-28/h2-3,6-14,17H,1,4-5,15-16H2,(H,27,30). The van der Waals surface area contributed by atoms with Crippen molar-refractivity contribution in [2.24, 2.45) is 0 Å². The van der Waals surface area contributed by atoms with Gasteiger partial charge in [-0.05, 0) is 61.4 Å². The third-order valence-electron chi connectivity index (χ3n) is 5.57. The topological polar surface area (TPSA) is 83.6 Å². The summed E-state index contributed by atoms with van der Waals surface area (Å²) in [7, 11) is -3.65. The number of rotatable bonds is 6. The summed E-state index contributed by atoms with van der Waals surface area (Å²) < 4.78 is 40.6. The molecule has 1 N–H and O–H groups in total. The summed E-state index contributed by atoms with van der Waals surface area (Å²) in [6.45, 7) is 0.968. The number of anilines is 1. The summed E-state index contributed by atoms with van der Waals surface area (Å²) in [5, 5.41) is 2.70. The van der Waals surface area contributed by atoms with E-state index >= 15 is 0 Å². The molecule has 6 nitrogen and oxygen atoms in total. The lowest BCUT2D eigenvalue weighted by Gasteiger charge is -2.26. The molecule has 0 radical (unpaired) electrons. The first-order valence-electron chi connectivity index (χ1n) is 10.7. The van der Waals surface area contributed by atoms with Gasteiger partial charge in [0.25, 0.3) is 5.91 Å². The number of hydrogen-bond acceptors (Lipinski definition) is 4. The van der Waals surface area contributed by atoms with Gasteiger partial charge in [0.15, 0.2) is 5.78 Å². The highest BCUT2D eigenvalue weighted by atomic mass is 32.2. The number of ketones is 1. The summed E-state index contributed by atoms with van der Waals surface area (Å²) in [6.07, 6.45) is 2.67. The number of carbonyl (C=O) groups is 2. The fourth-order valence-electron chi connectivity index (χ4n) is 3.82. The summed E-state index contributed by atoms with van der Waals surface area (Å²) in [5.74, 6) is -1.42. The van der Waals surface area contributed by atoms with Crippen LogP contribution in [-0.2, 0) is 10.0 Å². The van der Waals surface area contributed by atoms with E-state index in [2.05, 4.69) is 5.32 Å². The average Bonchev–Trinajstić information content (AvgIpc) is 2.85. The normalized spacial score (nSPS) is 14.6. The molecule has 0 atom stereocenters. The van der Waals surface area contributed by atoms with Gasteiger partial charge >= 0.3 is 0 Å². The summed E-state index contributed by atoms with van der Waals surface area (Å²) in [4.78, 5) is 26.0. The first kappa shape index (κ1) is 22.8. The summed E-state index contributed by atoms with van der Waals surface area (Å²) in [6, 6.07) is 17.5. The molecule has 3 aromatic rings. The van der Waals surface area contributed by atoms with Crippen molar-refractivity contribution < 1.29 is 22.4 Å². The zero-order valence-electron chi connectivity index (χ0n) is 17.8. The van der Waals surface area contributed by atoms with Crippen LogP contribution in [-0.4, -0.2) is 37.5 Å². The monoisotopic (exact) mass is 466 g/mol. The number of sulfonamides is 1. The molecule has 3 aromatic carbocycles. The molecule has 0 aliphatic carbocycles. The molecule has 0 bridgehead atoms. The molecule has 1 saturated heterocycles. The van der Waals surface area contributed by atoms with Crippen LogP contribution in [0.3, 0.4) is 0 Å². The largest absolute Gasteiger partial charge is 0.322 e. The number of carbonyl (C=O) groups excluding carboxylic acids is 2. The third-order valence-corrected chi connectivity index (χ3v) is 7.46. The van der Waals surface area contributed by atoms with Gasteiger partial charge < -0.3 is 5.32 Å². The second kappa shape index (κ2) is 9.64. The van der Waals surface area contributed by atoms with E-state index in [1.165, 1.54) is 52.8 Å². The van der Waals surface area contributed by atoms with E-state index < -0.39 is 27.5 Å². The Labute approximate surface area is 192 Å². The van der Waals surface area contributed by atoms with Gasteiger partial charge in [0, 0.05) is 29.9 Å². The molecule has 4 rings (SSSR count). The van der Waals surface area contributed by atoms with Crippen LogP contribution in [0.1, 0.15) is 45.5 Å². The fraction of sp³-hybridized carbons (Fsp3) is 0.200. The van der Waals surface area contributed by atoms with Crippen molar-refractivity contribution in [1.29, 1.82) is 0 Å². The fourth-order valence-corrected chi connectivity index (χ4v) is 5.39. The molecule has 1 fully saturated rings. The highest BCUT2D eigenvalue weighted by Gasteiger charge is 2.26. The van der Waals surface area contributed by atoms with E-state index in [4.69, 9.17) is 0 Å². The van der Waals surface area contributed by atoms with Crippen molar-refractivity contribution in [2.45, 2.75) is 24.2 Å². The van der Waals surface area contributed by atoms with Gasteiger partial charge in [0.1, 0.15) is 5.82 Å². The third kappa shape index (κ3) is 5.02. The predicted octanol–water partition coefficient (Wildman–Crippen LogP) is 4.48. The Morgan fingerprint density at radius 1 is 0.818 bits per heavy atom. The summed E-state index contributed by atoms with van der Waals surface area (Å²) in [5.41, 5.74) is 0.864. The minimum atomic E-state index is -3.65. The maximum absolute atomic E-state index is 13.2. The Bertz CT molecular complexity index is 1280. The zero-order valence-corrected chi connectivity index (χ0v) is 18.6. The Hall–Kier alpha value is -3.36. The number of halogens is 1. The minimum Gasteiger partial charge on any atom is -0.322 e. The highest BCUT2D eigenvalue weighted by molar-refractivity contribution is 7.89. The molecule has 1 amide bonds. The van der Waals surface area contributed by atoms with Gasteiger partial charge in [0.2, 0.25) is 10.0 Å². The quantitative estimate of drug-likeness (QED) is 0.543. The van der Waals surface area contributed by atoms with Gasteiger partial charge in [-0.15, -0.1) is 0 Å². The number of hydrogen-bond donors (Lipinski definition) is 1. The molecule has 1 aliphatic rings. The molecule has 0 aromatic heterocycles. The molecular weight excluding hydrogens is 443 g/mol. The van der Waals surface area contributed by atoms with E-state index in [0.29, 0.717) is 18.8 Å².